The highest BCUT2D eigenvalue weighted by atomic mass is 32.2. The van der Waals surface area contributed by atoms with E-state index in [1.165, 1.54) is 27.7 Å². The summed E-state index contributed by atoms with van der Waals surface area (Å²) in [5.74, 6) is 0.663. The minimum absolute atomic E-state index is 0.0763. The zero-order valence-corrected chi connectivity index (χ0v) is 16.6. The molecule has 0 aliphatic heterocycles. The largest absolute Gasteiger partial charge is 0.497 e. The Morgan fingerprint density at radius 3 is 2.88 bits per heavy atom. The normalized spacial score (nSPS) is 10.9. The Labute approximate surface area is 159 Å². The number of hydrogen-bond acceptors (Lipinski definition) is 6. The quantitative estimate of drug-likeness (QED) is 0.535. The first-order valence-corrected chi connectivity index (χ1v) is 9.74. The molecular formula is C18H19N3O3S2. The predicted octanol–water partition coefficient (Wildman–Crippen LogP) is 3.35. The molecule has 1 amide bonds. The molecule has 3 rings (SSSR count). The lowest BCUT2D eigenvalue weighted by Crippen LogP contribution is -2.21. The second-order valence-electron chi connectivity index (χ2n) is 5.79. The number of amides is 1. The van der Waals surface area contributed by atoms with Crippen LogP contribution >= 0.6 is 23.1 Å². The van der Waals surface area contributed by atoms with Crippen molar-refractivity contribution in [2.24, 2.45) is 7.05 Å². The first-order chi connectivity index (χ1) is 12.4. The van der Waals surface area contributed by atoms with Crippen LogP contribution in [0.25, 0.3) is 10.2 Å². The highest BCUT2D eigenvalue weighted by molar-refractivity contribution is 7.99. The van der Waals surface area contributed by atoms with E-state index in [-0.39, 0.29) is 17.2 Å². The number of aryl methyl sites for hydroxylation is 2. The van der Waals surface area contributed by atoms with Crippen LogP contribution in [0.15, 0.2) is 34.2 Å². The Hall–Kier alpha value is -2.32. The van der Waals surface area contributed by atoms with Crippen molar-refractivity contribution in [2.75, 3.05) is 18.2 Å². The first-order valence-electron chi connectivity index (χ1n) is 7.94. The third-order valence-corrected chi connectivity index (χ3v) is 6.19. The van der Waals surface area contributed by atoms with Gasteiger partial charge in [0.25, 0.3) is 5.56 Å². The number of thioether (sulfide) groups is 1. The third-order valence-electron chi connectivity index (χ3n) is 4.06. The van der Waals surface area contributed by atoms with Gasteiger partial charge < -0.3 is 10.1 Å². The predicted molar refractivity (Wildman–Crippen MR) is 107 cm³/mol. The fraction of sp³-hybridized carbons (Fsp3) is 0.278. The fourth-order valence-corrected chi connectivity index (χ4v) is 4.36. The van der Waals surface area contributed by atoms with E-state index in [2.05, 4.69) is 10.3 Å². The molecule has 6 nitrogen and oxygen atoms in total. The molecule has 8 heteroatoms. The molecule has 0 unspecified atom stereocenters. The molecule has 0 radical (unpaired) electrons. The Bertz CT molecular complexity index is 1040. The summed E-state index contributed by atoms with van der Waals surface area (Å²) in [6, 6.07) is 7.16. The number of ether oxygens (including phenoxy) is 1. The number of nitrogens with zero attached hydrogens (tertiary/aromatic N) is 2. The van der Waals surface area contributed by atoms with Crippen molar-refractivity contribution < 1.29 is 9.53 Å². The lowest BCUT2D eigenvalue weighted by Gasteiger charge is -2.09. The van der Waals surface area contributed by atoms with Crippen LogP contribution in [0.5, 0.6) is 5.75 Å². The summed E-state index contributed by atoms with van der Waals surface area (Å²) in [6.45, 7) is 3.92. The van der Waals surface area contributed by atoms with Gasteiger partial charge in [-0.1, -0.05) is 17.8 Å². The van der Waals surface area contributed by atoms with Crippen molar-refractivity contribution in [3.63, 3.8) is 0 Å². The molecule has 136 valence electrons. The SMILES string of the molecule is COc1cccc(NC(=O)CSc2nc3sc(C)c(C)c3c(=O)n2C)c1. The van der Waals surface area contributed by atoms with Gasteiger partial charge in [-0.3, -0.25) is 14.2 Å². The average molecular weight is 390 g/mol. The summed E-state index contributed by atoms with van der Waals surface area (Å²) >= 11 is 2.75. The molecule has 1 aromatic carbocycles. The van der Waals surface area contributed by atoms with E-state index < -0.39 is 0 Å². The minimum atomic E-state index is -0.170. The number of methoxy groups -OCH3 is 1. The molecule has 26 heavy (non-hydrogen) atoms. The third kappa shape index (κ3) is 3.61. The monoisotopic (exact) mass is 389 g/mol. The Balaban J connectivity index is 1.76. The Morgan fingerprint density at radius 2 is 2.15 bits per heavy atom. The summed E-state index contributed by atoms with van der Waals surface area (Å²) in [7, 11) is 3.26. The summed E-state index contributed by atoms with van der Waals surface area (Å²) in [5, 5.41) is 4.02. The maximum atomic E-state index is 12.6. The van der Waals surface area contributed by atoms with Gasteiger partial charge in [0.1, 0.15) is 10.6 Å². The first kappa shape index (κ1) is 18.5. The van der Waals surface area contributed by atoms with Gasteiger partial charge in [0, 0.05) is 23.7 Å². The van der Waals surface area contributed by atoms with Gasteiger partial charge in [-0.05, 0) is 31.5 Å². The molecule has 0 saturated heterocycles. The highest BCUT2D eigenvalue weighted by Gasteiger charge is 2.15. The smallest absolute Gasteiger partial charge is 0.262 e. The molecule has 1 N–H and O–H groups in total. The molecule has 0 aliphatic rings. The van der Waals surface area contributed by atoms with Gasteiger partial charge in [-0.2, -0.15) is 0 Å². The maximum Gasteiger partial charge on any atom is 0.262 e. The van der Waals surface area contributed by atoms with Crippen molar-refractivity contribution in [1.82, 2.24) is 9.55 Å². The van der Waals surface area contributed by atoms with Crippen LogP contribution in [0.3, 0.4) is 0 Å². The lowest BCUT2D eigenvalue weighted by molar-refractivity contribution is -0.113. The van der Waals surface area contributed by atoms with Crippen LogP contribution in [0.4, 0.5) is 5.69 Å². The second kappa shape index (κ2) is 7.51. The van der Waals surface area contributed by atoms with E-state index in [1.807, 2.05) is 26.0 Å². The summed E-state index contributed by atoms with van der Waals surface area (Å²) in [5.41, 5.74) is 1.56. The number of anilines is 1. The molecule has 0 saturated carbocycles. The number of aromatic nitrogens is 2. The molecule has 0 bridgehead atoms. The number of hydrogen-bond donors (Lipinski definition) is 1. The highest BCUT2D eigenvalue weighted by Crippen LogP contribution is 2.28. The van der Waals surface area contributed by atoms with Crippen molar-refractivity contribution in [3.8, 4) is 5.75 Å². The maximum absolute atomic E-state index is 12.6. The van der Waals surface area contributed by atoms with Gasteiger partial charge in [-0.25, -0.2) is 4.98 Å². The fourth-order valence-electron chi connectivity index (χ4n) is 2.51. The zero-order valence-electron chi connectivity index (χ0n) is 15.0. The number of thiophene rings is 1. The Morgan fingerprint density at radius 1 is 1.38 bits per heavy atom. The zero-order chi connectivity index (χ0) is 18.8. The molecule has 0 fully saturated rings. The molecule has 0 spiro atoms. The topological polar surface area (TPSA) is 73.2 Å². The van der Waals surface area contributed by atoms with E-state index in [1.54, 1.807) is 26.3 Å². The molecule has 3 aromatic rings. The van der Waals surface area contributed by atoms with Crippen molar-refractivity contribution in [1.29, 1.82) is 0 Å². The number of carbonyl (C=O) groups excluding carboxylic acids is 1. The van der Waals surface area contributed by atoms with Crippen LogP contribution < -0.4 is 15.6 Å². The van der Waals surface area contributed by atoms with E-state index >= 15 is 0 Å². The van der Waals surface area contributed by atoms with Crippen LogP contribution in [-0.2, 0) is 11.8 Å². The lowest BCUT2D eigenvalue weighted by atomic mass is 10.2. The van der Waals surface area contributed by atoms with Crippen LogP contribution in [0, 0.1) is 13.8 Å². The van der Waals surface area contributed by atoms with Gasteiger partial charge in [0.2, 0.25) is 5.91 Å². The van der Waals surface area contributed by atoms with E-state index in [0.717, 1.165) is 15.3 Å². The van der Waals surface area contributed by atoms with E-state index in [4.69, 9.17) is 4.74 Å². The second-order valence-corrected chi connectivity index (χ2v) is 7.94. The van der Waals surface area contributed by atoms with Crippen molar-refractivity contribution in [2.45, 2.75) is 19.0 Å². The van der Waals surface area contributed by atoms with Crippen LogP contribution in [0.1, 0.15) is 10.4 Å². The van der Waals surface area contributed by atoms with Gasteiger partial charge >= 0.3 is 0 Å². The summed E-state index contributed by atoms with van der Waals surface area (Å²) in [6.07, 6.45) is 0. The number of carbonyl (C=O) groups is 1. The van der Waals surface area contributed by atoms with Gasteiger partial charge in [-0.15, -0.1) is 11.3 Å². The summed E-state index contributed by atoms with van der Waals surface area (Å²) in [4.78, 5) is 31.2. The summed E-state index contributed by atoms with van der Waals surface area (Å²) < 4.78 is 6.65. The van der Waals surface area contributed by atoms with E-state index in [0.29, 0.717) is 22.0 Å². The van der Waals surface area contributed by atoms with Crippen LogP contribution in [-0.4, -0.2) is 28.3 Å². The molecular weight excluding hydrogens is 370 g/mol. The van der Waals surface area contributed by atoms with Crippen molar-refractivity contribution >= 4 is 44.9 Å². The van der Waals surface area contributed by atoms with E-state index in [9.17, 15) is 9.59 Å². The van der Waals surface area contributed by atoms with Gasteiger partial charge in [0.05, 0.1) is 18.2 Å². The minimum Gasteiger partial charge on any atom is -0.497 e. The molecule has 2 heterocycles. The number of benzene rings is 1. The Kier molecular flexibility index (Phi) is 5.33. The van der Waals surface area contributed by atoms with Gasteiger partial charge in [0.15, 0.2) is 5.16 Å². The van der Waals surface area contributed by atoms with Crippen LogP contribution in [0.2, 0.25) is 0 Å². The number of fused-ring (bicyclic) bond motifs is 1. The standard InChI is InChI=1S/C18H19N3O3S2/c1-10-11(2)26-16-15(10)17(23)21(3)18(20-16)25-9-14(22)19-12-6-5-7-13(8-12)24-4/h5-8H,9H2,1-4H3,(H,19,22). The number of rotatable bonds is 5. The molecule has 0 aliphatic carbocycles. The number of nitrogens with one attached hydrogen (secondary N) is 1. The average Bonchev–Trinajstić information content (AvgIpc) is 2.91. The van der Waals surface area contributed by atoms with Crippen molar-refractivity contribution in [3.05, 3.63) is 45.1 Å². The molecule has 2 aromatic heterocycles. The molecule has 0 atom stereocenters.